The van der Waals surface area contributed by atoms with Crippen LogP contribution in [0.15, 0.2) is 48.5 Å². The number of rotatable bonds is 3. The minimum absolute atomic E-state index is 0.0808. The van der Waals surface area contributed by atoms with Crippen molar-refractivity contribution in [1.82, 2.24) is 9.78 Å². The first-order chi connectivity index (χ1) is 10.6. The van der Waals surface area contributed by atoms with Crippen LogP contribution in [0.2, 0.25) is 0 Å². The van der Waals surface area contributed by atoms with Crippen LogP contribution in [0, 0.1) is 25.5 Å². The van der Waals surface area contributed by atoms with Gasteiger partial charge in [-0.05, 0) is 0 Å². The molecule has 0 fully saturated rings. The summed E-state index contributed by atoms with van der Waals surface area (Å²) in [6.07, 6.45) is 0. The van der Waals surface area contributed by atoms with E-state index in [0.29, 0.717) is 0 Å². The van der Waals surface area contributed by atoms with E-state index in [1.165, 1.54) is 15.2 Å². The fraction of sp³-hybridized carbons (Fsp3) is 0.118. The number of benzene rings is 2. The standard InChI is InChI=1S/C17H14F2N2Se/c1-11-17(22-14-6-4-3-5-7-14)12(2)21(20-11)16-10-13(18)8-9-15(16)19/h3-10H,1-2H3. The van der Waals surface area contributed by atoms with Crippen molar-refractivity contribution in [3.63, 3.8) is 0 Å². The van der Waals surface area contributed by atoms with Gasteiger partial charge in [0.15, 0.2) is 0 Å². The molecule has 1 aromatic heterocycles. The van der Waals surface area contributed by atoms with Gasteiger partial charge in [0.1, 0.15) is 0 Å². The Morgan fingerprint density at radius 3 is 2.45 bits per heavy atom. The maximum atomic E-state index is 14.0. The van der Waals surface area contributed by atoms with E-state index in [-0.39, 0.29) is 20.6 Å². The zero-order valence-corrected chi connectivity index (χ0v) is 13.9. The molecule has 2 nitrogen and oxygen atoms in total. The third-order valence-electron chi connectivity index (χ3n) is 3.32. The zero-order chi connectivity index (χ0) is 15.7. The SMILES string of the molecule is Cc1nn(-c2cc(F)ccc2F)c(C)c1[Se]c1ccccc1. The number of aromatic nitrogens is 2. The van der Waals surface area contributed by atoms with E-state index >= 15 is 0 Å². The average molecular weight is 363 g/mol. The Kier molecular flexibility index (Phi) is 4.10. The minimum atomic E-state index is -0.481. The molecule has 112 valence electrons. The Balaban J connectivity index is 2.05. The molecule has 2 aromatic carbocycles. The van der Waals surface area contributed by atoms with Crippen LogP contribution in [0.5, 0.6) is 0 Å². The summed E-state index contributed by atoms with van der Waals surface area (Å²) in [7, 11) is 0. The molecule has 0 radical (unpaired) electrons. The fourth-order valence-corrected chi connectivity index (χ4v) is 4.26. The normalized spacial score (nSPS) is 10.9. The Bertz CT molecular complexity index is 813. The van der Waals surface area contributed by atoms with Gasteiger partial charge in [0, 0.05) is 0 Å². The van der Waals surface area contributed by atoms with Gasteiger partial charge in [0.25, 0.3) is 0 Å². The van der Waals surface area contributed by atoms with Crippen LogP contribution in [0.3, 0.4) is 0 Å². The Hall–Kier alpha value is -1.97. The van der Waals surface area contributed by atoms with Crippen LogP contribution in [-0.2, 0) is 0 Å². The summed E-state index contributed by atoms with van der Waals surface area (Å²) in [4.78, 5) is 0. The molecule has 0 saturated heterocycles. The zero-order valence-electron chi connectivity index (χ0n) is 12.2. The van der Waals surface area contributed by atoms with Gasteiger partial charge in [-0.25, -0.2) is 0 Å². The molecule has 3 rings (SSSR count). The molecule has 22 heavy (non-hydrogen) atoms. The van der Waals surface area contributed by atoms with Crippen molar-refractivity contribution in [2.45, 2.75) is 13.8 Å². The molecule has 0 N–H and O–H groups in total. The number of aryl methyl sites for hydroxylation is 1. The van der Waals surface area contributed by atoms with E-state index in [1.54, 1.807) is 0 Å². The molecule has 0 bridgehead atoms. The van der Waals surface area contributed by atoms with Gasteiger partial charge in [0.2, 0.25) is 0 Å². The summed E-state index contributed by atoms with van der Waals surface area (Å²) in [6, 6.07) is 13.5. The summed E-state index contributed by atoms with van der Waals surface area (Å²) in [5.74, 6) is -0.954. The van der Waals surface area contributed by atoms with E-state index in [1.807, 2.05) is 32.0 Å². The van der Waals surface area contributed by atoms with E-state index in [2.05, 4.69) is 17.2 Å². The van der Waals surface area contributed by atoms with E-state index in [9.17, 15) is 8.78 Å². The number of hydrogen-bond donors (Lipinski definition) is 0. The molecule has 0 spiro atoms. The van der Waals surface area contributed by atoms with E-state index in [4.69, 9.17) is 0 Å². The van der Waals surface area contributed by atoms with Crippen molar-refractivity contribution in [3.05, 3.63) is 71.6 Å². The molecule has 3 aromatic rings. The number of hydrogen-bond acceptors (Lipinski definition) is 1. The first kappa shape index (κ1) is 14.9. The van der Waals surface area contributed by atoms with Gasteiger partial charge in [-0.15, -0.1) is 0 Å². The number of halogens is 2. The monoisotopic (exact) mass is 364 g/mol. The molecule has 0 unspecified atom stereocenters. The second-order valence-corrected chi connectivity index (χ2v) is 7.20. The fourth-order valence-electron chi connectivity index (χ4n) is 2.27. The Labute approximate surface area is 133 Å². The molecule has 5 heteroatoms. The number of nitrogens with zero attached hydrogens (tertiary/aromatic N) is 2. The summed E-state index contributed by atoms with van der Waals surface area (Å²) in [6.45, 7) is 3.80. The second kappa shape index (κ2) is 6.03. The molecule has 0 amide bonds. The van der Waals surface area contributed by atoms with Crippen LogP contribution in [0.25, 0.3) is 5.69 Å². The van der Waals surface area contributed by atoms with Crippen molar-refractivity contribution in [3.8, 4) is 5.69 Å². The van der Waals surface area contributed by atoms with Gasteiger partial charge >= 0.3 is 134 Å². The third kappa shape index (κ3) is 2.82. The predicted octanol–water partition coefficient (Wildman–Crippen LogP) is 2.42. The Morgan fingerprint density at radius 1 is 1.00 bits per heavy atom. The molecule has 0 aliphatic rings. The van der Waals surface area contributed by atoms with Crippen molar-refractivity contribution in [2.24, 2.45) is 0 Å². The Morgan fingerprint density at radius 2 is 1.73 bits per heavy atom. The summed E-state index contributed by atoms with van der Waals surface area (Å²) < 4.78 is 31.2. The van der Waals surface area contributed by atoms with E-state index in [0.717, 1.165) is 28.0 Å². The first-order valence-electron chi connectivity index (χ1n) is 6.81. The van der Waals surface area contributed by atoms with Crippen LogP contribution in [0.1, 0.15) is 11.4 Å². The van der Waals surface area contributed by atoms with Gasteiger partial charge in [-0.1, -0.05) is 0 Å². The first-order valence-corrected chi connectivity index (χ1v) is 8.52. The molecule has 0 aliphatic carbocycles. The topological polar surface area (TPSA) is 17.8 Å². The third-order valence-corrected chi connectivity index (χ3v) is 6.06. The van der Waals surface area contributed by atoms with Gasteiger partial charge < -0.3 is 0 Å². The summed E-state index contributed by atoms with van der Waals surface area (Å²) in [5.41, 5.74) is 1.85. The van der Waals surface area contributed by atoms with Crippen molar-refractivity contribution in [2.75, 3.05) is 0 Å². The molecular weight excluding hydrogens is 349 g/mol. The van der Waals surface area contributed by atoms with Crippen LogP contribution < -0.4 is 8.92 Å². The quantitative estimate of drug-likeness (QED) is 0.654. The van der Waals surface area contributed by atoms with Crippen LogP contribution in [-0.4, -0.2) is 24.7 Å². The van der Waals surface area contributed by atoms with E-state index < -0.39 is 11.6 Å². The second-order valence-electron chi connectivity index (χ2n) is 4.92. The van der Waals surface area contributed by atoms with Gasteiger partial charge in [-0.3, -0.25) is 0 Å². The average Bonchev–Trinajstić information content (AvgIpc) is 2.79. The molecule has 0 saturated carbocycles. The van der Waals surface area contributed by atoms with Crippen LogP contribution >= 0.6 is 0 Å². The van der Waals surface area contributed by atoms with Gasteiger partial charge in [0.05, 0.1) is 0 Å². The van der Waals surface area contributed by atoms with Crippen molar-refractivity contribution >= 4 is 23.9 Å². The maximum absolute atomic E-state index is 14.0. The predicted molar refractivity (Wildman–Crippen MR) is 84.4 cm³/mol. The summed E-state index contributed by atoms with van der Waals surface area (Å²) in [5, 5.41) is 4.40. The summed E-state index contributed by atoms with van der Waals surface area (Å²) >= 11 is 0.0808. The van der Waals surface area contributed by atoms with Gasteiger partial charge in [-0.2, -0.15) is 0 Å². The molecular formula is C17H14F2N2Se. The van der Waals surface area contributed by atoms with Crippen molar-refractivity contribution < 1.29 is 8.78 Å². The van der Waals surface area contributed by atoms with Crippen molar-refractivity contribution in [1.29, 1.82) is 0 Å². The van der Waals surface area contributed by atoms with Crippen LogP contribution in [0.4, 0.5) is 8.78 Å². The molecule has 0 aliphatic heterocycles. The molecule has 0 atom stereocenters. The molecule has 1 heterocycles.